The van der Waals surface area contributed by atoms with Crippen LogP contribution in [-0.4, -0.2) is 34.7 Å². The van der Waals surface area contributed by atoms with Crippen LogP contribution >= 0.6 is 23.4 Å². The van der Waals surface area contributed by atoms with Gasteiger partial charge in [0.25, 0.3) is 0 Å². The van der Waals surface area contributed by atoms with Crippen molar-refractivity contribution in [2.24, 2.45) is 0 Å². The number of hydrogen-bond donors (Lipinski definition) is 0. The Hall–Kier alpha value is -1.85. The summed E-state index contributed by atoms with van der Waals surface area (Å²) in [6.07, 6.45) is 5.06. The first-order valence-electron chi connectivity index (χ1n) is 6.19. The molecule has 0 aliphatic carbocycles. The maximum absolute atomic E-state index is 12.6. The lowest BCUT2D eigenvalue weighted by Gasteiger charge is -2.10. The predicted molar refractivity (Wildman–Crippen MR) is 85.4 cm³/mol. The minimum Gasteiger partial charge on any atom is -0.382 e. The fourth-order valence-corrected chi connectivity index (χ4v) is 2.57. The number of benzene rings is 1. The Balaban J connectivity index is 2.28. The average molecular weight is 320 g/mol. The van der Waals surface area contributed by atoms with Crippen molar-refractivity contribution >= 4 is 29.1 Å². The molecule has 1 aromatic heterocycles. The highest BCUT2D eigenvalue weighted by atomic mass is 35.5. The molecule has 1 aromatic carbocycles. The van der Waals surface area contributed by atoms with Gasteiger partial charge in [0.1, 0.15) is 0 Å². The van der Waals surface area contributed by atoms with Gasteiger partial charge in [-0.1, -0.05) is 11.6 Å². The highest BCUT2D eigenvalue weighted by Gasteiger charge is 2.15. The largest absolute Gasteiger partial charge is 0.382 e. The Bertz CT molecular complexity index is 642. The lowest BCUT2D eigenvalue weighted by molar-refractivity contribution is 0.104. The molecule has 0 amide bonds. The van der Waals surface area contributed by atoms with Crippen LogP contribution in [0.5, 0.6) is 0 Å². The molecule has 0 fully saturated rings. The zero-order valence-electron chi connectivity index (χ0n) is 11.7. The Morgan fingerprint density at radius 2 is 1.81 bits per heavy atom. The fourth-order valence-electron chi connectivity index (χ4n) is 1.55. The van der Waals surface area contributed by atoms with Crippen molar-refractivity contribution in [3.8, 4) is 0 Å². The molecule has 6 heteroatoms. The van der Waals surface area contributed by atoms with E-state index in [0.29, 0.717) is 20.6 Å². The van der Waals surface area contributed by atoms with Gasteiger partial charge in [-0.05, 0) is 42.1 Å². The van der Waals surface area contributed by atoms with Gasteiger partial charge in [-0.2, -0.15) is 0 Å². The Labute approximate surface area is 132 Å². The number of ketones is 1. The lowest BCUT2D eigenvalue weighted by Crippen LogP contribution is -2.08. The SMILES string of the molecule is CN(C)C=C(Sc1ncccn1)C(=O)c1ccc(Cl)cc1. The van der Waals surface area contributed by atoms with E-state index in [1.165, 1.54) is 11.8 Å². The zero-order valence-corrected chi connectivity index (χ0v) is 13.2. The second-order valence-electron chi connectivity index (χ2n) is 4.43. The van der Waals surface area contributed by atoms with Gasteiger partial charge >= 0.3 is 0 Å². The van der Waals surface area contributed by atoms with Crippen LogP contribution < -0.4 is 0 Å². The van der Waals surface area contributed by atoms with Gasteiger partial charge in [0.05, 0.1) is 4.91 Å². The maximum Gasteiger partial charge on any atom is 0.201 e. The van der Waals surface area contributed by atoms with E-state index in [9.17, 15) is 4.79 Å². The van der Waals surface area contributed by atoms with Crippen molar-refractivity contribution in [2.75, 3.05) is 14.1 Å². The molecule has 0 unspecified atom stereocenters. The third-order valence-electron chi connectivity index (χ3n) is 2.45. The van der Waals surface area contributed by atoms with E-state index in [4.69, 9.17) is 11.6 Å². The summed E-state index contributed by atoms with van der Waals surface area (Å²) in [6.45, 7) is 0. The van der Waals surface area contributed by atoms with E-state index < -0.39 is 0 Å². The van der Waals surface area contributed by atoms with E-state index in [2.05, 4.69) is 9.97 Å². The summed E-state index contributed by atoms with van der Waals surface area (Å²) in [5, 5.41) is 1.14. The summed E-state index contributed by atoms with van der Waals surface area (Å²) >= 11 is 7.09. The second kappa shape index (κ2) is 7.24. The van der Waals surface area contributed by atoms with Crippen LogP contribution in [0.15, 0.2) is 59.0 Å². The number of hydrogen-bond acceptors (Lipinski definition) is 5. The van der Waals surface area contributed by atoms with E-state index in [1.807, 2.05) is 19.0 Å². The minimum absolute atomic E-state index is 0.0854. The Kier molecular flexibility index (Phi) is 5.36. The lowest BCUT2D eigenvalue weighted by atomic mass is 10.1. The standard InChI is InChI=1S/C15H14ClN3OS/c1-19(2)10-13(21-15-17-8-3-9-18-15)14(20)11-4-6-12(16)7-5-11/h3-10H,1-2H3. The molecule has 0 saturated heterocycles. The van der Waals surface area contributed by atoms with Gasteiger partial charge in [0.2, 0.25) is 5.78 Å². The van der Waals surface area contributed by atoms with Gasteiger partial charge in [-0.25, -0.2) is 9.97 Å². The molecule has 0 saturated carbocycles. The molecule has 0 bridgehead atoms. The minimum atomic E-state index is -0.0854. The van der Waals surface area contributed by atoms with Gasteiger partial charge < -0.3 is 4.90 Å². The molecule has 0 N–H and O–H groups in total. The Morgan fingerprint density at radius 1 is 1.19 bits per heavy atom. The van der Waals surface area contributed by atoms with E-state index >= 15 is 0 Å². The first-order valence-corrected chi connectivity index (χ1v) is 7.39. The van der Waals surface area contributed by atoms with Gasteiger partial charge in [-0.3, -0.25) is 4.79 Å². The fraction of sp³-hybridized carbons (Fsp3) is 0.133. The molecule has 0 spiro atoms. The number of carbonyl (C=O) groups is 1. The van der Waals surface area contributed by atoms with Crippen molar-refractivity contribution in [2.45, 2.75) is 5.16 Å². The van der Waals surface area contributed by atoms with Crippen LogP contribution in [0, 0.1) is 0 Å². The highest BCUT2D eigenvalue weighted by molar-refractivity contribution is 8.03. The highest BCUT2D eigenvalue weighted by Crippen LogP contribution is 2.26. The number of halogens is 1. The molecule has 2 rings (SSSR count). The molecule has 0 atom stereocenters. The molecule has 1 heterocycles. The third kappa shape index (κ3) is 4.58. The molecular weight excluding hydrogens is 306 g/mol. The number of Topliss-reactive ketones (excluding diaryl/α,β-unsaturated/α-hetero) is 1. The van der Waals surface area contributed by atoms with Crippen molar-refractivity contribution in [3.63, 3.8) is 0 Å². The van der Waals surface area contributed by atoms with Crippen LogP contribution in [-0.2, 0) is 0 Å². The molecule has 108 valence electrons. The monoisotopic (exact) mass is 319 g/mol. The smallest absolute Gasteiger partial charge is 0.201 e. The Morgan fingerprint density at radius 3 is 2.38 bits per heavy atom. The quantitative estimate of drug-likeness (QED) is 0.365. The van der Waals surface area contributed by atoms with Crippen LogP contribution in [0.3, 0.4) is 0 Å². The zero-order chi connectivity index (χ0) is 15.2. The van der Waals surface area contributed by atoms with Crippen LogP contribution in [0.1, 0.15) is 10.4 Å². The summed E-state index contributed by atoms with van der Waals surface area (Å²) in [5.74, 6) is -0.0854. The van der Waals surface area contributed by atoms with Crippen molar-refractivity contribution < 1.29 is 4.79 Å². The first-order chi connectivity index (χ1) is 10.1. The van der Waals surface area contributed by atoms with Crippen LogP contribution in [0.25, 0.3) is 0 Å². The van der Waals surface area contributed by atoms with Crippen molar-refractivity contribution in [3.05, 3.63) is 64.4 Å². The summed E-state index contributed by atoms with van der Waals surface area (Å²) in [4.78, 5) is 23.2. The third-order valence-corrected chi connectivity index (χ3v) is 3.61. The second-order valence-corrected chi connectivity index (χ2v) is 5.87. The number of allylic oxidation sites excluding steroid dienone is 1. The normalized spacial score (nSPS) is 11.3. The number of nitrogens with zero attached hydrogens (tertiary/aromatic N) is 3. The predicted octanol–water partition coefficient (Wildman–Crippen LogP) is 3.51. The van der Waals surface area contributed by atoms with Crippen LogP contribution in [0.2, 0.25) is 5.02 Å². The summed E-state index contributed by atoms with van der Waals surface area (Å²) < 4.78 is 0. The van der Waals surface area contributed by atoms with Gasteiger partial charge in [0.15, 0.2) is 5.16 Å². The van der Waals surface area contributed by atoms with E-state index in [0.717, 1.165) is 0 Å². The molecule has 2 aromatic rings. The van der Waals surface area contributed by atoms with Crippen LogP contribution in [0.4, 0.5) is 0 Å². The molecule has 4 nitrogen and oxygen atoms in total. The molecule has 0 aliphatic rings. The summed E-state index contributed by atoms with van der Waals surface area (Å²) in [5.41, 5.74) is 0.580. The average Bonchev–Trinajstić information content (AvgIpc) is 2.47. The summed E-state index contributed by atoms with van der Waals surface area (Å²) in [7, 11) is 3.73. The summed E-state index contributed by atoms with van der Waals surface area (Å²) in [6, 6.07) is 8.55. The number of aromatic nitrogens is 2. The topological polar surface area (TPSA) is 46.1 Å². The van der Waals surface area contributed by atoms with E-state index in [-0.39, 0.29) is 5.78 Å². The van der Waals surface area contributed by atoms with E-state index in [1.54, 1.807) is 48.9 Å². The van der Waals surface area contributed by atoms with Gasteiger partial charge in [-0.15, -0.1) is 0 Å². The van der Waals surface area contributed by atoms with Crippen molar-refractivity contribution in [1.29, 1.82) is 0 Å². The molecule has 0 aliphatic heterocycles. The number of rotatable bonds is 5. The van der Waals surface area contributed by atoms with Gasteiger partial charge in [0, 0.05) is 43.3 Å². The molecule has 0 radical (unpaired) electrons. The number of thioether (sulfide) groups is 1. The number of carbonyl (C=O) groups excluding carboxylic acids is 1. The first kappa shape index (κ1) is 15.5. The van der Waals surface area contributed by atoms with Crippen molar-refractivity contribution in [1.82, 2.24) is 14.9 Å². The maximum atomic E-state index is 12.6. The molecular formula is C15H14ClN3OS. The molecule has 21 heavy (non-hydrogen) atoms.